The van der Waals surface area contributed by atoms with E-state index in [2.05, 4.69) is 10.6 Å². The predicted octanol–water partition coefficient (Wildman–Crippen LogP) is 5.00. The number of thiophene rings is 1. The number of nitrogens with one attached hydrogen (secondary N) is 2. The summed E-state index contributed by atoms with van der Waals surface area (Å²) in [5.41, 5.74) is 1.15. The fourth-order valence-corrected chi connectivity index (χ4v) is 6.47. The number of Topliss-reactive ketones (excluding diaryl/α,β-unsaturated/α-hetero) is 1. The fourth-order valence-electron chi connectivity index (χ4n) is 4.78. The third-order valence-corrected chi connectivity index (χ3v) is 8.87. The highest BCUT2D eigenvalue weighted by molar-refractivity contribution is 7.86. The highest BCUT2D eigenvalue weighted by Gasteiger charge is 2.35. The minimum absolute atomic E-state index is 0.0000394. The third kappa shape index (κ3) is 8.40. The van der Waals surface area contributed by atoms with Gasteiger partial charge in [-0.05, 0) is 79.7 Å². The number of benzene rings is 2. The van der Waals surface area contributed by atoms with Gasteiger partial charge in [-0.3, -0.25) is 28.3 Å². The van der Waals surface area contributed by atoms with Crippen LogP contribution in [0.4, 0.5) is 15.8 Å². The quantitative estimate of drug-likeness (QED) is 0.302. The lowest BCUT2D eigenvalue weighted by Crippen LogP contribution is -2.48. The number of amides is 3. The first-order valence-corrected chi connectivity index (χ1v) is 15.8. The highest BCUT2D eigenvalue weighted by Crippen LogP contribution is 2.32. The standard InChI is InChI=1S/C30H32FN3O5S2/c1-20(35)21-9-15-25(16-10-21)34(28(37)19-41(39)18-27(36)32-24-13-11-22(31)12-14-24)29(26-8-5-17-40-26)30(38)33-23-6-3-2-4-7-23/h5,8-17,23,29H,2-4,6-7,18-19H2,1H3,(H,32,36)(H,33,38)/t29-,41+/m1/s1. The second kappa shape index (κ2) is 14.3. The number of hydrogen-bond donors (Lipinski definition) is 2. The molecule has 0 saturated heterocycles. The molecule has 1 saturated carbocycles. The maximum Gasteiger partial charge on any atom is 0.248 e. The summed E-state index contributed by atoms with van der Waals surface area (Å²) in [6, 6.07) is 14.0. The lowest BCUT2D eigenvalue weighted by atomic mass is 9.95. The largest absolute Gasteiger partial charge is 0.351 e. The van der Waals surface area contributed by atoms with Gasteiger partial charge >= 0.3 is 0 Å². The first kappa shape index (κ1) is 30.3. The van der Waals surface area contributed by atoms with E-state index in [0.717, 1.165) is 32.1 Å². The van der Waals surface area contributed by atoms with Gasteiger partial charge in [-0.25, -0.2) is 4.39 Å². The second-order valence-electron chi connectivity index (χ2n) is 9.91. The summed E-state index contributed by atoms with van der Waals surface area (Å²) in [5, 5.41) is 7.47. The van der Waals surface area contributed by atoms with Crippen LogP contribution in [0.25, 0.3) is 0 Å². The Hall–Kier alpha value is -3.70. The van der Waals surface area contributed by atoms with Crippen LogP contribution in [0.15, 0.2) is 66.0 Å². The first-order chi connectivity index (χ1) is 19.7. The van der Waals surface area contributed by atoms with Gasteiger partial charge in [-0.15, -0.1) is 11.3 Å². The van der Waals surface area contributed by atoms with Crippen molar-refractivity contribution in [2.45, 2.75) is 51.1 Å². The number of carbonyl (C=O) groups excluding carboxylic acids is 4. The third-order valence-electron chi connectivity index (χ3n) is 6.80. The molecule has 1 fully saturated rings. The zero-order valence-corrected chi connectivity index (χ0v) is 24.3. The summed E-state index contributed by atoms with van der Waals surface area (Å²) in [7, 11) is -1.91. The van der Waals surface area contributed by atoms with Crippen molar-refractivity contribution >= 4 is 57.0 Å². The Bertz CT molecular complexity index is 1390. The van der Waals surface area contributed by atoms with Gasteiger partial charge in [0.1, 0.15) is 23.4 Å². The molecule has 1 aliphatic rings. The van der Waals surface area contributed by atoms with E-state index < -0.39 is 46.0 Å². The van der Waals surface area contributed by atoms with E-state index in [1.807, 2.05) is 5.38 Å². The van der Waals surface area contributed by atoms with Gasteiger partial charge in [0.05, 0.1) is 0 Å². The molecule has 2 atom stereocenters. The summed E-state index contributed by atoms with van der Waals surface area (Å²) in [6.07, 6.45) is 4.87. The van der Waals surface area contributed by atoms with Crippen LogP contribution in [0.5, 0.6) is 0 Å². The van der Waals surface area contributed by atoms with Crippen molar-refractivity contribution in [3.63, 3.8) is 0 Å². The minimum atomic E-state index is -1.91. The fraction of sp³-hybridized carbons (Fsp3) is 0.333. The second-order valence-corrected chi connectivity index (χ2v) is 12.3. The molecule has 2 N–H and O–H groups in total. The van der Waals surface area contributed by atoms with Crippen LogP contribution in [0, 0.1) is 5.82 Å². The van der Waals surface area contributed by atoms with Crippen molar-refractivity contribution in [3.05, 3.63) is 82.3 Å². The van der Waals surface area contributed by atoms with Crippen molar-refractivity contribution in [1.82, 2.24) is 5.32 Å². The van der Waals surface area contributed by atoms with Gasteiger partial charge in [0.25, 0.3) is 0 Å². The Labute approximate surface area is 244 Å². The van der Waals surface area contributed by atoms with Crippen molar-refractivity contribution in [2.24, 2.45) is 0 Å². The molecule has 8 nitrogen and oxygen atoms in total. The molecule has 3 aromatic rings. The van der Waals surface area contributed by atoms with Gasteiger partial charge in [0.2, 0.25) is 17.7 Å². The molecule has 1 aliphatic carbocycles. The SMILES string of the molecule is CC(=O)c1ccc(N(C(=O)C[S@@](=O)CC(=O)Nc2ccc(F)cc2)[C@@H](C(=O)NC2CCCCC2)c2cccs2)cc1. The summed E-state index contributed by atoms with van der Waals surface area (Å²) in [6.45, 7) is 1.43. The molecule has 4 rings (SSSR count). The molecular weight excluding hydrogens is 565 g/mol. The lowest BCUT2D eigenvalue weighted by molar-refractivity contribution is -0.126. The molecule has 3 amide bonds. The van der Waals surface area contributed by atoms with E-state index in [9.17, 15) is 27.8 Å². The van der Waals surface area contributed by atoms with Crippen molar-refractivity contribution in [1.29, 1.82) is 0 Å². The Morgan fingerprint density at radius 3 is 2.27 bits per heavy atom. The molecule has 216 valence electrons. The van der Waals surface area contributed by atoms with E-state index in [-0.39, 0.29) is 17.7 Å². The van der Waals surface area contributed by atoms with Gasteiger partial charge in [0, 0.05) is 38.7 Å². The maximum absolute atomic E-state index is 13.8. The monoisotopic (exact) mass is 597 g/mol. The molecule has 0 radical (unpaired) electrons. The van der Waals surface area contributed by atoms with Crippen LogP contribution in [0.2, 0.25) is 0 Å². The summed E-state index contributed by atoms with van der Waals surface area (Å²) >= 11 is 1.33. The average Bonchev–Trinajstić information content (AvgIpc) is 3.47. The van der Waals surface area contributed by atoms with Gasteiger partial charge < -0.3 is 10.6 Å². The van der Waals surface area contributed by atoms with Gasteiger partial charge in [0.15, 0.2) is 5.78 Å². The number of hydrogen-bond acceptors (Lipinski definition) is 6. The van der Waals surface area contributed by atoms with E-state index in [4.69, 9.17) is 0 Å². The van der Waals surface area contributed by atoms with Crippen LogP contribution in [-0.4, -0.2) is 45.3 Å². The average molecular weight is 598 g/mol. The number of halogens is 1. The summed E-state index contributed by atoms with van der Waals surface area (Å²) < 4.78 is 26.1. The Morgan fingerprint density at radius 2 is 1.66 bits per heavy atom. The van der Waals surface area contributed by atoms with E-state index >= 15 is 0 Å². The molecule has 0 unspecified atom stereocenters. The van der Waals surface area contributed by atoms with Crippen molar-refractivity contribution < 1.29 is 27.8 Å². The van der Waals surface area contributed by atoms with Crippen LogP contribution < -0.4 is 15.5 Å². The molecule has 1 heterocycles. The van der Waals surface area contributed by atoms with E-state index in [0.29, 0.717) is 21.8 Å². The molecule has 11 heteroatoms. The molecule has 0 spiro atoms. The first-order valence-electron chi connectivity index (χ1n) is 13.4. The number of nitrogens with zero attached hydrogens (tertiary/aromatic N) is 1. The highest BCUT2D eigenvalue weighted by atomic mass is 32.2. The lowest BCUT2D eigenvalue weighted by Gasteiger charge is -2.32. The van der Waals surface area contributed by atoms with Crippen LogP contribution in [0.1, 0.15) is 60.3 Å². The Balaban J connectivity index is 1.58. The topological polar surface area (TPSA) is 113 Å². The molecule has 0 bridgehead atoms. The Kier molecular flexibility index (Phi) is 10.5. The van der Waals surface area contributed by atoms with Crippen molar-refractivity contribution in [2.75, 3.05) is 21.7 Å². The zero-order valence-electron chi connectivity index (χ0n) is 22.6. The van der Waals surface area contributed by atoms with Crippen LogP contribution in [0.3, 0.4) is 0 Å². The molecule has 41 heavy (non-hydrogen) atoms. The predicted molar refractivity (Wildman–Crippen MR) is 159 cm³/mol. The Morgan fingerprint density at radius 1 is 0.976 bits per heavy atom. The van der Waals surface area contributed by atoms with E-state index in [1.165, 1.54) is 47.4 Å². The van der Waals surface area contributed by atoms with E-state index in [1.54, 1.807) is 36.4 Å². The smallest absolute Gasteiger partial charge is 0.248 e. The van der Waals surface area contributed by atoms with Gasteiger partial charge in [-0.2, -0.15) is 0 Å². The number of ketones is 1. The number of rotatable bonds is 11. The van der Waals surface area contributed by atoms with Crippen LogP contribution in [-0.2, 0) is 25.2 Å². The number of carbonyl (C=O) groups is 4. The number of anilines is 2. The van der Waals surface area contributed by atoms with Gasteiger partial charge in [-0.1, -0.05) is 25.3 Å². The minimum Gasteiger partial charge on any atom is -0.351 e. The summed E-state index contributed by atoms with van der Waals surface area (Å²) in [4.78, 5) is 53.8. The van der Waals surface area contributed by atoms with Crippen molar-refractivity contribution in [3.8, 4) is 0 Å². The maximum atomic E-state index is 13.8. The normalized spacial score (nSPS) is 15.0. The molecular formula is C30H32FN3O5S2. The molecule has 2 aromatic carbocycles. The summed E-state index contributed by atoms with van der Waals surface area (Å²) in [5.74, 6) is -3.12. The molecule has 0 aliphatic heterocycles. The zero-order chi connectivity index (χ0) is 29.4. The molecule has 1 aromatic heterocycles. The van der Waals surface area contributed by atoms with Crippen LogP contribution >= 0.6 is 11.3 Å².